The van der Waals surface area contributed by atoms with Gasteiger partial charge in [-0.25, -0.2) is 0 Å². The van der Waals surface area contributed by atoms with Crippen molar-refractivity contribution in [2.75, 3.05) is 0 Å². The Hall–Kier alpha value is -1.19. The maximum absolute atomic E-state index is 11.3. The monoisotopic (exact) mass is 154 g/mol. The highest BCUT2D eigenvalue weighted by molar-refractivity contribution is 5.95. The van der Waals surface area contributed by atoms with E-state index in [0.717, 1.165) is 6.39 Å². The highest BCUT2D eigenvalue weighted by atomic mass is 16.4. The van der Waals surface area contributed by atoms with Crippen LogP contribution < -0.4 is 0 Å². The Balaban J connectivity index is 2.88. The summed E-state index contributed by atoms with van der Waals surface area (Å²) in [6.07, 6.45) is 1.15. The van der Waals surface area contributed by atoms with E-state index in [1.165, 1.54) is 0 Å². The van der Waals surface area contributed by atoms with Crippen molar-refractivity contribution in [2.24, 2.45) is 5.41 Å². The van der Waals surface area contributed by atoms with Gasteiger partial charge in [-0.05, 0) is 0 Å². The normalized spacial score (nSPS) is 11.5. The quantitative estimate of drug-likeness (QED) is 0.572. The van der Waals surface area contributed by atoms with Crippen molar-refractivity contribution in [3.05, 3.63) is 12.3 Å². The first-order chi connectivity index (χ1) is 5.02. The molecule has 1 heterocycles. The number of hydrogen-bond acceptors (Lipinski definition) is 4. The molecule has 0 atom stereocenters. The molecule has 0 aliphatic carbocycles. The molecule has 0 N–H and O–H groups in total. The highest BCUT2D eigenvalue weighted by Crippen LogP contribution is 2.18. The lowest BCUT2D eigenvalue weighted by molar-refractivity contribution is 0.0821. The van der Waals surface area contributed by atoms with E-state index in [1.807, 2.05) is 0 Å². The lowest BCUT2D eigenvalue weighted by Crippen LogP contribution is -2.20. The number of carbonyl (C=O) groups excluding carboxylic acids is 1. The molecule has 11 heavy (non-hydrogen) atoms. The van der Waals surface area contributed by atoms with Gasteiger partial charge in [-0.2, -0.15) is 0 Å². The summed E-state index contributed by atoms with van der Waals surface area (Å²) in [5, 5.41) is 6.94. The molecule has 0 saturated carbocycles. The van der Waals surface area contributed by atoms with E-state index in [4.69, 9.17) is 4.42 Å². The van der Waals surface area contributed by atoms with Gasteiger partial charge in [-0.1, -0.05) is 20.8 Å². The minimum absolute atomic E-state index is 0.0810. The Kier molecular flexibility index (Phi) is 1.76. The Morgan fingerprint density at radius 2 is 2.18 bits per heavy atom. The minimum atomic E-state index is -0.452. The Labute approximate surface area is 64.6 Å². The Morgan fingerprint density at radius 3 is 2.55 bits per heavy atom. The number of ketones is 1. The standard InChI is InChI=1S/C7H10N2O2/c1-7(2,3)5(10)6-9-8-4-11-6/h4H,1-3H3. The van der Waals surface area contributed by atoms with E-state index < -0.39 is 5.41 Å². The van der Waals surface area contributed by atoms with Gasteiger partial charge < -0.3 is 4.42 Å². The Bertz CT molecular complexity index is 246. The fourth-order valence-corrected chi connectivity index (χ4v) is 0.593. The molecule has 0 saturated heterocycles. The predicted molar refractivity (Wildman–Crippen MR) is 38.1 cm³/mol. The van der Waals surface area contributed by atoms with E-state index in [2.05, 4.69) is 10.2 Å². The van der Waals surface area contributed by atoms with E-state index >= 15 is 0 Å². The van der Waals surface area contributed by atoms with Crippen LogP contribution in [0.25, 0.3) is 0 Å². The van der Waals surface area contributed by atoms with Crippen molar-refractivity contribution >= 4 is 5.78 Å². The third-order valence-electron chi connectivity index (χ3n) is 1.24. The first kappa shape index (κ1) is 7.91. The van der Waals surface area contributed by atoms with Crippen molar-refractivity contribution in [1.82, 2.24) is 10.2 Å². The zero-order valence-corrected chi connectivity index (χ0v) is 6.79. The molecule has 0 radical (unpaired) electrons. The van der Waals surface area contributed by atoms with Gasteiger partial charge in [0.1, 0.15) is 0 Å². The van der Waals surface area contributed by atoms with Crippen molar-refractivity contribution in [3.63, 3.8) is 0 Å². The molecule has 0 aliphatic heterocycles. The molecule has 60 valence electrons. The maximum Gasteiger partial charge on any atom is 0.284 e. The van der Waals surface area contributed by atoms with Crippen LogP contribution in [0.4, 0.5) is 0 Å². The van der Waals surface area contributed by atoms with E-state index in [-0.39, 0.29) is 11.7 Å². The second kappa shape index (κ2) is 2.45. The smallest absolute Gasteiger partial charge is 0.284 e. The van der Waals surface area contributed by atoms with Crippen LogP contribution in [0.15, 0.2) is 10.8 Å². The summed E-state index contributed by atoms with van der Waals surface area (Å²) < 4.78 is 4.75. The molecule has 4 heteroatoms. The zero-order valence-electron chi connectivity index (χ0n) is 6.79. The molecule has 0 aliphatic rings. The molecule has 0 aromatic carbocycles. The van der Waals surface area contributed by atoms with Crippen LogP contribution in [0.3, 0.4) is 0 Å². The van der Waals surface area contributed by atoms with Crippen molar-refractivity contribution in [2.45, 2.75) is 20.8 Å². The van der Waals surface area contributed by atoms with Gasteiger partial charge in [-0.3, -0.25) is 4.79 Å². The third kappa shape index (κ3) is 1.63. The number of carbonyl (C=O) groups is 1. The van der Waals surface area contributed by atoms with E-state index in [9.17, 15) is 4.79 Å². The van der Waals surface area contributed by atoms with Crippen LogP contribution in [0.1, 0.15) is 31.5 Å². The second-order valence-corrected chi connectivity index (χ2v) is 3.32. The average molecular weight is 154 g/mol. The number of Topliss-reactive ketones (excluding diaryl/α,β-unsaturated/α-hetero) is 1. The van der Waals surface area contributed by atoms with E-state index in [0.29, 0.717) is 0 Å². The molecule has 1 rings (SSSR count). The molecular weight excluding hydrogens is 144 g/mol. The van der Waals surface area contributed by atoms with Gasteiger partial charge in [0.05, 0.1) is 0 Å². The van der Waals surface area contributed by atoms with Crippen molar-refractivity contribution in [1.29, 1.82) is 0 Å². The predicted octanol–water partition coefficient (Wildman–Crippen LogP) is 1.30. The van der Waals surface area contributed by atoms with Gasteiger partial charge in [0, 0.05) is 5.41 Å². The minimum Gasteiger partial charge on any atom is -0.421 e. The lowest BCUT2D eigenvalue weighted by atomic mass is 9.91. The van der Waals surface area contributed by atoms with Gasteiger partial charge >= 0.3 is 0 Å². The second-order valence-electron chi connectivity index (χ2n) is 3.32. The number of aromatic nitrogens is 2. The zero-order chi connectivity index (χ0) is 8.48. The van der Waals surface area contributed by atoms with Crippen LogP contribution in [0, 0.1) is 5.41 Å². The molecule has 0 bridgehead atoms. The summed E-state index contributed by atoms with van der Waals surface area (Å²) in [6, 6.07) is 0. The number of hydrogen-bond donors (Lipinski definition) is 0. The molecule has 4 nitrogen and oxygen atoms in total. The molecule has 1 aromatic heterocycles. The molecule has 0 unspecified atom stereocenters. The first-order valence-corrected chi connectivity index (χ1v) is 3.33. The summed E-state index contributed by atoms with van der Waals surface area (Å²) >= 11 is 0. The van der Waals surface area contributed by atoms with Crippen LogP contribution in [-0.2, 0) is 0 Å². The Morgan fingerprint density at radius 1 is 1.55 bits per heavy atom. The summed E-state index contributed by atoms with van der Waals surface area (Å²) in [7, 11) is 0. The largest absolute Gasteiger partial charge is 0.421 e. The van der Waals surface area contributed by atoms with Gasteiger partial charge in [0.2, 0.25) is 12.2 Å². The number of nitrogens with zero attached hydrogens (tertiary/aromatic N) is 2. The van der Waals surface area contributed by atoms with Crippen molar-refractivity contribution < 1.29 is 9.21 Å². The fraction of sp³-hybridized carbons (Fsp3) is 0.571. The topological polar surface area (TPSA) is 56.0 Å². The van der Waals surface area contributed by atoms with Gasteiger partial charge in [0.15, 0.2) is 0 Å². The van der Waals surface area contributed by atoms with Crippen molar-refractivity contribution in [3.8, 4) is 0 Å². The highest BCUT2D eigenvalue weighted by Gasteiger charge is 2.26. The van der Waals surface area contributed by atoms with Crippen LogP contribution in [-0.4, -0.2) is 16.0 Å². The SMILES string of the molecule is CC(C)(C)C(=O)c1nnco1. The van der Waals surface area contributed by atoms with Crippen LogP contribution in [0.2, 0.25) is 0 Å². The van der Waals surface area contributed by atoms with Crippen LogP contribution >= 0.6 is 0 Å². The lowest BCUT2D eigenvalue weighted by Gasteiger charge is -2.12. The van der Waals surface area contributed by atoms with Crippen LogP contribution in [0.5, 0.6) is 0 Å². The molecule has 0 amide bonds. The third-order valence-corrected chi connectivity index (χ3v) is 1.24. The molecule has 0 fully saturated rings. The summed E-state index contributed by atoms with van der Waals surface area (Å²) in [4.78, 5) is 11.3. The van der Waals surface area contributed by atoms with E-state index in [1.54, 1.807) is 20.8 Å². The molecule has 0 spiro atoms. The first-order valence-electron chi connectivity index (χ1n) is 3.33. The summed E-state index contributed by atoms with van der Waals surface area (Å²) in [5.74, 6) is -0.0486. The summed E-state index contributed by atoms with van der Waals surface area (Å²) in [6.45, 7) is 5.42. The molecule has 1 aromatic rings. The summed E-state index contributed by atoms with van der Waals surface area (Å²) in [5.41, 5.74) is -0.452. The molecular formula is C7H10N2O2. The average Bonchev–Trinajstić information content (AvgIpc) is 2.34. The van der Waals surface area contributed by atoms with Gasteiger partial charge in [-0.15, -0.1) is 10.2 Å². The fourth-order valence-electron chi connectivity index (χ4n) is 0.593. The number of rotatable bonds is 1. The van der Waals surface area contributed by atoms with Gasteiger partial charge in [0.25, 0.3) is 5.89 Å². The maximum atomic E-state index is 11.3.